The molecule has 1 saturated carbocycles. The van der Waals surface area contributed by atoms with E-state index >= 15 is 0 Å². The predicted molar refractivity (Wildman–Crippen MR) is 79.0 cm³/mol. The van der Waals surface area contributed by atoms with Crippen LogP contribution in [0.1, 0.15) is 12.8 Å². The Hall–Kier alpha value is -1.31. The second-order valence-electron chi connectivity index (χ2n) is 5.21. The molecule has 112 valence electrons. The Kier molecular flexibility index (Phi) is 4.52. The fourth-order valence-electron chi connectivity index (χ4n) is 1.93. The third kappa shape index (κ3) is 4.09. The van der Waals surface area contributed by atoms with Crippen LogP contribution in [0, 0.1) is 5.92 Å². The minimum atomic E-state index is -3.80. The molecule has 0 saturated heterocycles. The summed E-state index contributed by atoms with van der Waals surface area (Å²) in [6.45, 7) is 1.94. The number of hydrogen-bond acceptors (Lipinski definition) is 5. The summed E-state index contributed by atoms with van der Waals surface area (Å²) in [4.78, 5) is 1.86. The van der Waals surface area contributed by atoms with E-state index in [1.165, 1.54) is 18.9 Å². The second kappa shape index (κ2) is 5.99. The van der Waals surface area contributed by atoms with Gasteiger partial charge in [-0.15, -0.1) is 0 Å². The maximum atomic E-state index is 11.6. The molecule has 0 unspecified atom stereocenters. The van der Waals surface area contributed by atoms with Crippen molar-refractivity contribution in [2.75, 3.05) is 37.4 Å². The van der Waals surface area contributed by atoms with Gasteiger partial charge in [0.2, 0.25) is 10.0 Å². The Morgan fingerprint density at radius 3 is 2.70 bits per heavy atom. The van der Waals surface area contributed by atoms with Gasteiger partial charge in [-0.1, -0.05) is 0 Å². The highest BCUT2D eigenvalue weighted by atomic mass is 32.2. The van der Waals surface area contributed by atoms with Gasteiger partial charge in [0, 0.05) is 25.9 Å². The minimum absolute atomic E-state index is 0.0437. The highest BCUT2D eigenvalue weighted by Gasteiger charge is 2.21. The highest BCUT2D eigenvalue weighted by Crippen LogP contribution is 2.29. The number of benzene rings is 1. The number of nitrogen functional groups attached to an aromatic ring is 1. The summed E-state index contributed by atoms with van der Waals surface area (Å²) >= 11 is 0. The van der Waals surface area contributed by atoms with Crippen LogP contribution in [-0.2, 0) is 14.8 Å². The second-order valence-corrected chi connectivity index (χ2v) is 6.74. The van der Waals surface area contributed by atoms with Crippen LogP contribution in [0.25, 0.3) is 0 Å². The molecular formula is C13H21N3O3S. The van der Waals surface area contributed by atoms with Gasteiger partial charge in [0.05, 0.1) is 12.3 Å². The third-order valence-electron chi connectivity index (χ3n) is 3.32. The monoisotopic (exact) mass is 299 g/mol. The number of likely N-dealkylation sites (N-methyl/N-ethyl adjacent to an activating group) is 1. The zero-order valence-electron chi connectivity index (χ0n) is 11.6. The zero-order valence-corrected chi connectivity index (χ0v) is 12.4. The molecule has 0 atom stereocenters. The molecule has 20 heavy (non-hydrogen) atoms. The molecule has 1 fully saturated rings. The van der Waals surface area contributed by atoms with Crippen molar-refractivity contribution >= 4 is 21.4 Å². The molecule has 2 rings (SSSR count). The average molecular weight is 299 g/mol. The van der Waals surface area contributed by atoms with Crippen LogP contribution < -0.4 is 15.8 Å². The summed E-state index contributed by atoms with van der Waals surface area (Å²) in [5.74, 6) is 0.719. The fourth-order valence-corrected chi connectivity index (χ4v) is 2.75. The van der Waals surface area contributed by atoms with E-state index in [0.29, 0.717) is 24.5 Å². The lowest BCUT2D eigenvalue weighted by molar-refractivity contribution is 0.131. The first-order chi connectivity index (χ1) is 9.38. The number of nitrogens with two attached hydrogens (primary N) is 2. The number of ether oxygens (including phenoxy) is 1. The van der Waals surface area contributed by atoms with Crippen LogP contribution in [-0.4, -0.2) is 35.2 Å². The standard InChI is InChI=1S/C13H21N3O3S/c1-16(6-7-19-9-10-2-3-10)12-5-4-11(14)8-13(12)20(15,17)18/h4-5,8,10H,2-3,6-7,9,14H2,1H3,(H2,15,17,18). The van der Waals surface area contributed by atoms with Crippen molar-refractivity contribution in [3.63, 3.8) is 0 Å². The van der Waals surface area contributed by atoms with Crippen LogP contribution >= 0.6 is 0 Å². The van der Waals surface area contributed by atoms with E-state index in [9.17, 15) is 8.42 Å². The van der Waals surface area contributed by atoms with Crippen LogP contribution in [0.5, 0.6) is 0 Å². The van der Waals surface area contributed by atoms with Crippen molar-refractivity contribution in [1.82, 2.24) is 0 Å². The van der Waals surface area contributed by atoms with E-state index in [0.717, 1.165) is 12.5 Å². The van der Waals surface area contributed by atoms with Gasteiger partial charge >= 0.3 is 0 Å². The summed E-state index contributed by atoms with van der Waals surface area (Å²) < 4.78 is 28.8. The number of nitrogens with zero attached hydrogens (tertiary/aromatic N) is 1. The number of primary sulfonamides is 1. The van der Waals surface area contributed by atoms with Crippen molar-refractivity contribution < 1.29 is 13.2 Å². The molecule has 1 aromatic rings. The van der Waals surface area contributed by atoms with Gasteiger partial charge in [0.15, 0.2) is 0 Å². The molecule has 0 aromatic heterocycles. The van der Waals surface area contributed by atoms with Gasteiger partial charge in [0.25, 0.3) is 0 Å². The van der Waals surface area contributed by atoms with E-state index in [4.69, 9.17) is 15.6 Å². The molecule has 0 radical (unpaired) electrons. The zero-order chi connectivity index (χ0) is 14.8. The van der Waals surface area contributed by atoms with Gasteiger partial charge in [-0.05, 0) is 37.0 Å². The Balaban J connectivity index is 2.02. The molecular weight excluding hydrogens is 278 g/mol. The highest BCUT2D eigenvalue weighted by molar-refractivity contribution is 7.89. The third-order valence-corrected chi connectivity index (χ3v) is 4.26. The topological polar surface area (TPSA) is 98.7 Å². The van der Waals surface area contributed by atoms with E-state index in [1.54, 1.807) is 19.2 Å². The van der Waals surface area contributed by atoms with E-state index < -0.39 is 10.0 Å². The summed E-state index contributed by atoms with van der Waals surface area (Å²) in [5, 5.41) is 5.23. The smallest absolute Gasteiger partial charge is 0.240 e. The number of sulfonamides is 1. The number of hydrogen-bond donors (Lipinski definition) is 2. The van der Waals surface area contributed by atoms with E-state index in [-0.39, 0.29) is 4.90 Å². The van der Waals surface area contributed by atoms with Gasteiger partial charge in [0.1, 0.15) is 4.90 Å². The summed E-state index contributed by atoms with van der Waals surface area (Å²) in [6.07, 6.45) is 2.51. The van der Waals surface area contributed by atoms with Crippen molar-refractivity contribution in [3.05, 3.63) is 18.2 Å². The molecule has 6 nitrogen and oxygen atoms in total. The summed E-state index contributed by atoms with van der Waals surface area (Å²) in [5.41, 5.74) is 6.53. The SMILES string of the molecule is CN(CCOCC1CC1)c1ccc(N)cc1S(N)(=O)=O. The molecule has 0 amide bonds. The fraction of sp³-hybridized carbons (Fsp3) is 0.538. The first-order valence-corrected chi connectivity index (χ1v) is 8.14. The van der Waals surface area contributed by atoms with Gasteiger partial charge in [-0.25, -0.2) is 13.6 Å². The van der Waals surface area contributed by atoms with Crippen LogP contribution in [0.3, 0.4) is 0 Å². The van der Waals surface area contributed by atoms with Crippen molar-refractivity contribution in [2.45, 2.75) is 17.7 Å². The Morgan fingerprint density at radius 1 is 1.40 bits per heavy atom. The minimum Gasteiger partial charge on any atom is -0.399 e. The quantitative estimate of drug-likeness (QED) is 0.572. The lowest BCUT2D eigenvalue weighted by atomic mass is 10.2. The van der Waals surface area contributed by atoms with Gasteiger partial charge in [-0.3, -0.25) is 0 Å². The Bertz CT molecular complexity index is 570. The summed E-state index contributed by atoms with van der Waals surface area (Å²) in [6, 6.07) is 4.70. The molecule has 0 spiro atoms. The molecule has 4 N–H and O–H groups in total. The van der Waals surface area contributed by atoms with E-state index in [2.05, 4.69) is 0 Å². The Labute approximate surface area is 119 Å². The van der Waals surface area contributed by atoms with Crippen LogP contribution in [0.4, 0.5) is 11.4 Å². The molecule has 1 aliphatic carbocycles. The molecule has 7 heteroatoms. The number of rotatable bonds is 7. The molecule has 1 aromatic carbocycles. The van der Waals surface area contributed by atoms with Crippen molar-refractivity contribution in [1.29, 1.82) is 0 Å². The van der Waals surface area contributed by atoms with Crippen LogP contribution in [0.2, 0.25) is 0 Å². The maximum Gasteiger partial charge on any atom is 0.240 e. The predicted octanol–water partition coefficient (Wildman–Crippen LogP) is 0.779. The molecule has 1 aliphatic rings. The maximum absolute atomic E-state index is 11.6. The average Bonchev–Trinajstić information content (AvgIpc) is 3.17. The lowest BCUT2D eigenvalue weighted by Gasteiger charge is -2.22. The normalized spacial score (nSPS) is 15.3. The largest absolute Gasteiger partial charge is 0.399 e. The first kappa shape index (κ1) is 15.1. The molecule has 0 bridgehead atoms. The lowest BCUT2D eigenvalue weighted by Crippen LogP contribution is -2.26. The number of anilines is 2. The summed E-state index contributed by atoms with van der Waals surface area (Å²) in [7, 11) is -1.99. The van der Waals surface area contributed by atoms with Crippen LogP contribution in [0.15, 0.2) is 23.1 Å². The van der Waals surface area contributed by atoms with E-state index in [1.807, 2.05) is 4.90 Å². The Morgan fingerprint density at radius 2 is 2.10 bits per heavy atom. The van der Waals surface area contributed by atoms with Crippen molar-refractivity contribution in [3.8, 4) is 0 Å². The molecule has 0 heterocycles. The first-order valence-electron chi connectivity index (χ1n) is 6.59. The van der Waals surface area contributed by atoms with Gasteiger partial charge in [-0.2, -0.15) is 0 Å². The molecule has 0 aliphatic heterocycles. The van der Waals surface area contributed by atoms with Gasteiger partial charge < -0.3 is 15.4 Å². The van der Waals surface area contributed by atoms with Crippen molar-refractivity contribution in [2.24, 2.45) is 11.1 Å².